The Morgan fingerprint density at radius 2 is 1.93 bits per heavy atom. The molecule has 224 valence electrons. The number of ether oxygens (including phenoxy) is 1. The SMILES string of the molecule is COc1cc(N2CCN(C(C)=O)CC2)ccc1Nc1nccc(-n2cc(NC(=O)NC(CO)c3cccc(Cl)c3)cn2)n1. The maximum absolute atomic E-state index is 12.6. The smallest absolute Gasteiger partial charge is 0.319 e. The highest BCUT2D eigenvalue weighted by atomic mass is 35.5. The van der Waals surface area contributed by atoms with Gasteiger partial charge in [-0.1, -0.05) is 23.7 Å². The highest BCUT2D eigenvalue weighted by Gasteiger charge is 2.20. The summed E-state index contributed by atoms with van der Waals surface area (Å²) in [4.78, 5) is 37.2. The number of rotatable bonds is 9. The average Bonchev–Trinajstić information content (AvgIpc) is 3.48. The Balaban J connectivity index is 1.23. The molecule has 3 heterocycles. The number of benzene rings is 2. The number of methoxy groups -OCH3 is 1. The fourth-order valence-electron chi connectivity index (χ4n) is 4.71. The molecule has 1 saturated heterocycles. The van der Waals surface area contributed by atoms with E-state index in [0.717, 1.165) is 18.8 Å². The lowest BCUT2D eigenvalue weighted by Crippen LogP contribution is -2.48. The number of hydrogen-bond acceptors (Lipinski definition) is 9. The van der Waals surface area contributed by atoms with Crippen molar-refractivity contribution in [3.05, 3.63) is 77.7 Å². The van der Waals surface area contributed by atoms with Gasteiger partial charge in [0.2, 0.25) is 11.9 Å². The van der Waals surface area contributed by atoms with Gasteiger partial charge in [-0.05, 0) is 29.8 Å². The van der Waals surface area contributed by atoms with Gasteiger partial charge < -0.3 is 35.6 Å². The van der Waals surface area contributed by atoms with Crippen LogP contribution in [0.15, 0.2) is 67.1 Å². The number of aliphatic hydroxyl groups excluding tert-OH is 1. The molecule has 3 amide bonds. The molecule has 1 aliphatic rings. The van der Waals surface area contributed by atoms with Gasteiger partial charge in [-0.15, -0.1) is 0 Å². The van der Waals surface area contributed by atoms with E-state index in [1.54, 1.807) is 56.8 Å². The fraction of sp³-hybridized carbons (Fsp3) is 0.276. The lowest BCUT2D eigenvalue weighted by molar-refractivity contribution is -0.129. The number of carbonyl (C=O) groups excluding carboxylic acids is 2. The molecule has 0 saturated carbocycles. The Labute approximate surface area is 253 Å². The summed E-state index contributed by atoms with van der Waals surface area (Å²) in [5, 5.41) is 23.2. The number of aliphatic hydroxyl groups is 1. The van der Waals surface area contributed by atoms with E-state index < -0.39 is 12.1 Å². The van der Waals surface area contributed by atoms with Crippen molar-refractivity contribution < 1.29 is 19.4 Å². The zero-order valence-electron chi connectivity index (χ0n) is 23.7. The molecule has 0 bridgehead atoms. The molecule has 13 nitrogen and oxygen atoms in total. The van der Waals surface area contributed by atoms with Crippen LogP contribution < -0.4 is 25.6 Å². The van der Waals surface area contributed by atoms with Gasteiger partial charge >= 0.3 is 6.03 Å². The first-order valence-corrected chi connectivity index (χ1v) is 14.0. The third-order valence-electron chi connectivity index (χ3n) is 6.98. The van der Waals surface area contributed by atoms with Crippen LogP contribution in [0.25, 0.3) is 5.82 Å². The van der Waals surface area contributed by atoms with Crippen molar-refractivity contribution in [1.29, 1.82) is 0 Å². The van der Waals surface area contributed by atoms with Crippen LogP contribution in [0.3, 0.4) is 0 Å². The van der Waals surface area contributed by atoms with Gasteiger partial charge in [-0.2, -0.15) is 10.1 Å². The molecule has 5 rings (SSSR count). The number of hydrogen-bond donors (Lipinski definition) is 4. The quantitative estimate of drug-likeness (QED) is 0.224. The Kier molecular flexibility index (Phi) is 9.23. The molecule has 2 aromatic heterocycles. The number of anilines is 4. The normalized spacial score (nSPS) is 13.8. The van der Waals surface area contributed by atoms with Crippen LogP contribution in [-0.2, 0) is 4.79 Å². The van der Waals surface area contributed by atoms with Crippen molar-refractivity contribution in [2.24, 2.45) is 0 Å². The topological polar surface area (TPSA) is 150 Å². The van der Waals surface area contributed by atoms with E-state index in [1.165, 1.54) is 10.9 Å². The van der Waals surface area contributed by atoms with E-state index in [0.29, 0.717) is 52.6 Å². The molecule has 0 aliphatic carbocycles. The minimum absolute atomic E-state index is 0.0910. The number of nitrogens with zero attached hydrogens (tertiary/aromatic N) is 6. The number of aromatic nitrogens is 4. The van der Waals surface area contributed by atoms with Crippen molar-refractivity contribution in [3.63, 3.8) is 0 Å². The second kappa shape index (κ2) is 13.4. The summed E-state index contributed by atoms with van der Waals surface area (Å²) < 4.78 is 7.14. The molecule has 2 aromatic carbocycles. The zero-order chi connectivity index (χ0) is 30.3. The van der Waals surface area contributed by atoms with E-state index in [4.69, 9.17) is 16.3 Å². The summed E-state index contributed by atoms with van der Waals surface area (Å²) in [5.41, 5.74) is 2.79. The van der Waals surface area contributed by atoms with Crippen molar-refractivity contribution in [3.8, 4) is 11.6 Å². The second-order valence-corrected chi connectivity index (χ2v) is 10.2. The van der Waals surface area contributed by atoms with Crippen LogP contribution in [-0.4, -0.2) is 81.6 Å². The minimum atomic E-state index is -0.632. The molecule has 0 spiro atoms. The van der Waals surface area contributed by atoms with E-state index >= 15 is 0 Å². The molecule has 14 heteroatoms. The largest absolute Gasteiger partial charge is 0.494 e. The maximum Gasteiger partial charge on any atom is 0.319 e. The van der Waals surface area contributed by atoms with Crippen LogP contribution in [0.2, 0.25) is 5.02 Å². The molecule has 4 N–H and O–H groups in total. The monoisotopic (exact) mass is 605 g/mol. The summed E-state index contributed by atoms with van der Waals surface area (Å²) >= 11 is 6.04. The summed E-state index contributed by atoms with van der Waals surface area (Å²) in [7, 11) is 1.60. The van der Waals surface area contributed by atoms with Crippen molar-refractivity contribution in [2.45, 2.75) is 13.0 Å². The van der Waals surface area contributed by atoms with Crippen molar-refractivity contribution >= 4 is 46.5 Å². The first-order valence-electron chi connectivity index (χ1n) is 13.6. The lowest BCUT2D eigenvalue weighted by atomic mass is 10.1. The van der Waals surface area contributed by atoms with Gasteiger partial charge in [0.25, 0.3) is 0 Å². The number of carbonyl (C=O) groups is 2. The van der Waals surface area contributed by atoms with E-state index in [1.807, 2.05) is 23.1 Å². The first-order chi connectivity index (χ1) is 20.8. The molecule has 1 aliphatic heterocycles. The number of amides is 3. The number of piperazine rings is 1. The summed E-state index contributed by atoms with van der Waals surface area (Å²) in [6.07, 6.45) is 4.69. The number of nitrogens with one attached hydrogen (secondary N) is 3. The predicted molar refractivity (Wildman–Crippen MR) is 163 cm³/mol. The average molecular weight is 606 g/mol. The summed E-state index contributed by atoms with van der Waals surface area (Å²) in [5.74, 6) is 1.51. The Hall–Kier alpha value is -4.88. The Bertz CT molecular complexity index is 1590. The molecule has 1 fully saturated rings. The maximum atomic E-state index is 12.6. The highest BCUT2D eigenvalue weighted by molar-refractivity contribution is 6.30. The number of urea groups is 1. The highest BCUT2D eigenvalue weighted by Crippen LogP contribution is 2.32. The molecule has 4 aromatic rings. The van der Waals surface area contributed by atoms with Crippen LogP contribution in [0.5, 0.6) is 5.75 Å². The third-order valence-corrected chi connectivity index (χ3v) is 7.21. The van der Waals surface area contributed by atoms with Gasteiger partial charge in [-0.25, -0.2) is 14.5 Å². The Morgan fingerprint density at radius 1 is 1.12 bits per heavy atom. The molecule has 0 radical (unpaired) electrons. The van der Waals surface area contributed by atoms with Crippen molar-refractivity contribution in [2.75, 3.05) is 55.4 Å². The van der Waals surface area contributed by atoms with Gasteiger partial charge in [0, 0.05) is 62.1 Å². The molecule has 1 unspecified atom stereocenters. The number of halogens is 1. The van der Waals surface area contributed by atoms with Crippen LogP contribution >= 0.6 is 11.6 Å². The van der Waals surface area contributed by atoms with Gasteiger partial charge in [0.15, 0.2) is 5.82 Å². The Morgan fingerprint density at radius 3 is 2.65 bits per heavy atom. The molecular formula is C29H32ClN9O4. The predicted octanol–water partition coefficient (Wildman–Crippen LogP) is 3.59. The second-order valence-electron chi connectivity index (χ2n) is 9.80. The third kappa shape index (κ3) is 7.31. The summed E-state index contributed by atoms with van der Waals surface area (Å²) in [6.45, 7) is 4.14. The molecule has 1 atom stereocenters. The van der Waals surface area contributed by atoms with E-state index in [2.05, 4.69) is 35.9 Å². The zero-order valence-corrected chi connectivity index (χ0v) is 24.5. The van der Waals surface area contributed by atoms with E-state index in [9.17, 15) is 14.7 Å². The molecule has 43 heavy (non-hydrogen) atoms. The van der Waals surface area contributed by atoms with Crippen LogP contribution in [0, 0.1) is 0 Å². The lowest BCUT2D eigenvalue weighted by Gasteiger charge is -2.35. The first kappa shape index (κ1) is 29.6. The minimum Gasteiger partial charge on any atom is -0.494 e. The van der Waals surface area contributed by atoms with E-state index in [-0.39, 0.29) is 12.5 Å². The van der Waals surface area contributed by atoms with Crippen LogP contribution in [0.4, 0.5) is 27.8 Å². The van der Waals surface area contributed by atoms with Gasteiger partial charge in [0.05, 0.1) is 43.5 Å². The van der Waals surface area contributed by atoms with Gasteiger partial charge in [0.1, 0.15) is 5.75 Å². The standard InChI is InChI=1S/C29H32ClN9O4/c1-19(41)37-10-12-38(13-11-37)23-6-7-24(26(15-23)43-2)34-28-31-9-8-27(36-28)39-17-22(16-32-39)33-29(42)35-25(18-40)20-4-3-5-21(30)14-20/h3-9,14-17,25,40H,10-13,18H2,1-2H3,(H,31,34,36)(H2,33,35,42). The molecular weight excluding hydrogens is 574 g/mol. The fourth-order valence-corrected chi connectivity index (χ4v) is 4.91. The summed E-state index contributed by atoms with van der Waals surface area (Å²) in [6, 6.07) is 13.3. The van der Waals surface area contributed by atoms with Gasteiger partial charge in [-0.3, -0.25) is 4.79 Å². The van der Waals surface area contributed by atoms with Crippen molar-refractivity contribution in [1.82, 2.24) is 30.0 Å². The van der Waals surface area contributed by atoms with Crippen LogP contribution in [0.1, 0.15) is 18.5 Å².